The van der Waals surface area contributed by atoms with Crippen LogP contribution in [-0.2, 0) is 27.6 Å². The molecular weight excluding hydrogens is 535 g/mol. The van der Waals surface area contributed by atoms with Crippen LogP contribution in [0.2, 0.25) is 5.02 Å². The van der Waals surface area contributed by atoms with E-state index >= 15 is 0 Å². The average Bonchev–Trinajstić information content (AvgIpc) is 3.34. The fourth-order valence-corrected chi connectivity index (χ4v) is 4.46. The highest BCUT2D eigenvalue weighted by Crippen LogP contribution is 2.35. The van der Waals surface area contributed by atoms with E-state index < -0.39 is 11.7 Å². The van der Waals surface area contributed by atoms with Crippen LogP contribution in [0.5, 0.6) is 0 Å². The van der Waals surface area contributed by atoms with Gasteiger partial charge in [-0.1, -0.05) is 37.5 Å². The van der Waals surface area contributed by atoms with Crippen LogP contribution in [0.3, 0.4) is 0 Å². The summed E-state index contributed by atoms with van der Waals surface area (Å²) in [5, 5.41) is 9.56. The molecule has 1 aliphatic heterocycles. The van der Waals surface area contributed by atoms with Gasteiger partial charge in [0.15, 0.2) is 0 Å². The van der Waals surface area contributed by atoms with Gasteiger partial charge in [0.2, 0.25) is 11.8 Å². The summed E-state index contributed by atoms with van der Waals surface area (Å²) in [6.07, 6.45) is -2.68. The number of nitrogens with one attached hydrogen (secondary N) is 2. The zero-order chi connectivity index (χ0) is 28.4. The Hall–Kier alpha value is -3.60. The molecule has 4 rings (SSSR count). The Morgan fingerprint density at radius 3 is 2.21 bits per heavy atom. The third-order valence-corrected chi connectivity index (χ3v) is 6.67. The highest BCUT2D eigenvalue weighted by atomic mass is 35.5. The second-order valence-electron chi connectivity index (χ2n) is 10.5. The normalized spacial score (nSPS) is 14.8. The van der Waals surface area contributed by atoms with Crippen molar-refractivity contribution >= 4 is 40.6 Å². The van der Waals surface area contributed by atoms with Gasteiger partial charge in [0.1, 0.15) is 11.6 Å². The lowest BCUT2D eigenvalue weighted by Gasteiger charge is -2.32. The summed E-state index contributed by atoms with van der Waals surface area (Å²) in [5.74, 6) is 0.318. The van der Waals surface area contributed by atoms with Crippen LogP contribution in [0.4, 0.5) is 30.4 Å². The van der Waals surface area contributed by atoms with Crippen LogP contribution < -0.4 is 15.5 Å². The molecule has 2 N–H and O–H groups in total. The first kappa shape index (κ1) is 28.4. The minimum Gasteiger partial charge on any atom is -0.361 e. The van der Waals surface area contributed by atoms with Gasteiger partial charge in [0.25, 0.3) is 0 Å². The lowest BCUT2D eigenvalue weighted by atomic mass is 9.93. The number of piperidine rings is 1. The number of halogens is 4. The lowest BCUT2D eigenvalue weighted by molar-refractivity contribution is -0.137. The maximum Gasteiger partial charge on any atom is 0.417 e. The van der Waals surface area contributed by atoms with Crippen LogP contribution in [-0.4, -0.2) is 35.0 Å². The number of alkyl halides is 3. The van der Waals surface area contributed by atoms with Crippen molar-refractivity contribution in [2.75, 3.05) is 28.6 Å². The molecule has 208 valence electrons. The molecule has 8 nitrogen and oxygen atoms in total. The van der Waals surface area contributed by atoms with E-state index in [1.807, 2.05) is 20.8 Å². The first-order chi connectivity index (χ1) is 18.3. The van der Waals surface area contributed by atoms with Gasteiger partial charge >= 0.3 is 6.18 Å². The van der Waals surface area contributed by atoms with Crippen LogP contribution in [0.25, 0.3) is 0 Å². The van der Waals surface area contributed by atoms with Gasteiger partial charge in [-0.05, 0) is 43.2 Å². The second kappa shape index (κ2) is 11.3. The fraction of sp³-hybridized carbons (Fsp3) is 0.407. The molecule has 0 unspecified atom stereocenters. The molecule has 1 aliphatic rings. The standard InChI is InChI=1S/C27H29ClF3N5O3/c1-26(2,3)22-13-20(35-39-22)14-23(37)33-18-4-6-19(7-5-18)34-25(38)16-8-10-36(11-9-16)24-21(28)12-17(15-32-24)27(29,30)31/h4-7,12-13,15-16H,8-11,14H2,1-3H3,(H,33,37)(H,34,38). The molecule has 39 heavy (non-hydrogen) atoms. The Morgan fingerprint density at radius 1 is 1.05 bits per heavy atom. The number of anilines is 3. The minimum atomic E-state index is -4.52. The predicted octanol–water partition coefficient (Wildman–Crippen LogP) is 6.08. The smallest absolute Gasteiger partial charge is 0.361 e. The number of amides is 2. The molecule has 3 heterocycles. The van der Waals surface area contributed by atoms with E-state index in [0.29, 0.717) is 48.8 Å². The van der Waals surface area contributed by atoms with Gasteiger partial charge in [-0.15, -0.1) is 0 Å². The van der Waals surface area contributed by atoms with Crippen LogP contribution >= 0.6 is 11.6 Å². The molecule has 2 amide bonds. The number of pyridine rings is 1. The summed E-state index contributed by atoms with van der Waals surface area (Å²) in [6.45, 7) is 6.86. The SMILES string of the molecule is CC(C)(C)c1cc(CC(=O)Nc2ccc(NC(=O)C3CCN(c4ncc(C(F)(F)F)cc4Cl)CC3)cc2)no1. The number of benzene rings is 1. The van der Waals surface area contributed by atoms with Crippen LogP contribution in [0, 0.1) is 5.92 Å². The van der Waals surface area contributed by atoms with Crippen molar-refractivity contribution in [3.63, 3.8) is 0 Å². The number of carbonyl (C=O) groups is 2. The van der Waals surface area contributed by atoms with Crippen molar-refractivity contribution in [1.29, 1.82) is 0 Å². The summed E-state index contributed by atoms with van der Waals surface area (Å²) < 4.78 is 43.9. The van der Waals surface area contributed by atoms with E-state index in [0.717, 1.165) is 12.3 Å². The Balaban J connectivity index is 1.26. The topological polar surface area (TPSA) is 100 Å². The summed E-state index contributed by atoms with van der Waals surface area (Å²) >= 11 is 6.06. The maximum absolute atomic E-state index is 12.9. The van der Waals surface area contributed by atoms with Gasteiger partial charge in [-0.3, -0.25) is 9.59 Å². The van der Waals surface area contributed by atoms with Crippen LogP contribution in [0.1, 0.15) is 50.6 Å². The van der Waals surface area contributed by atoms with E-state index in [1.54, 1.807) is 35.2 Å². The lowest BCUT2D eigenvalue weighted by Crippen LogP contribution is -2.38. The number of hydrogen-bond donors (Lipinski definition) is 2. The highest BCUT2D eigenvalue weighted by Gasteiger charge is 2.33. The molecule has 2 aromatic heterocycles. The molecule has 0 aliphatic carbocycles. The summed E-state index contributed by atoms with van der Waals surface area (Å²) in [7, 11) is 0. The highest BCUT2D eigenvalue weighted by molar-refractivity contribution is 6.33. The molecule has 0 atom stereocenters. The molecular formula is C27H29ClF3N5O3. The van der Waals surface area contributed by atoms with E-state index in [1.165, 1.54) is 0 Å². The predicted molar refractivity (Wildman–Crippen MR) is 142 cm³/mol. The van der Waals surface area contributed by atoms with Gasteiger partial charge in [0.05, 0.1) is 22.7 Å². The summed E-state index contributed by atoms with van der Waals surface area (Å²) in [5.41, 5.74) is 0.603. The molecule has 0 bridgehead atoms. The monoisotopic (exact) mass is 563 g/mol. The van der Waals surface area contributed by atoms with E-state index in [9.17, 15) is 22.8 Å². The summed E-state index contributed by atoms with van der Waals surface area (Å²) in [6, 6.07) is 9.42. The minimum absolute atomic E-state index is 0.0734. The van der Waals surface area contributed by atoms with Crippen molar-refractivity contribution in [1.82, 2.24) is 10.1 Å². The van der Waals surface area contributed by atoms with Crippen molar-refractivity contribution < 1.29 is 27.3 Å². The number of carbonyl (C=O) groups excluding carboxylic acids is 2. The zero-order valence-electron chi connectivity index (χ0n) is 21.7. The third-order valence-electron chi connectivity index (χ3n) is 6.39. The Labute approximate surface area is 228 Å². The Kier molecular flexibility index (Phi) is 8.20. The third kappa shape index (κ3) is 7.29. The average molecular weight is 564 g/mol. The van der Waals surface area contributed by atoms with Crippen molar-refractivity contribution in [2.24, 2.45) is 5.92 Å². The first-order valence-electron chi connectivity index (χ1n) is 12.4. The largest absolute Gasteiger partial charge is 0.417 e. The fourth-order valence-electron chi connectivity index (χ4n) is 4.17. The number of hydrogen-bond acceptors (Lipinski definition) is 6. The van der Waals surface area contributed by atoms with E-state index in [4.69, 9.17) is 16.1 Å². The molecule has 12 heteroatoms. The van der Waals surface area contributed by atoms with Gasteiger partial charge in [0, 0.05) is 48.1 Å². The molecule has 3 aromatic rings. The molecule has 1 saturated heterocycles. The quantitative estimate of drug-likeness (QED) is 0.377. The summed E-state index contributed by atoms with van der Waals surface area (Å²) in [4.78, 5) is 30.9. The Morgan fingerprint density at radius 2 is 1.67 bits per heavy atom. The van der Waals surface area contributed by atoms with Crippen molar-refractivity contribution in [3.05, 3.63) is 64.6 Å². The maximum atomic E-state index is 12.9. The molecule has 1 aromatic carbocycles. The van der Waals surface area contributed by atoms with Crippen molar-refractivity contribution in [3.8, 4) is 0 Å². The van der Waals surface area contributed by atoms with Gasteiger partial charge < -0.3 is 20.1 Å². The van der Waals surface area contributed by atoms with Gasteiger partial charge in [-0.25, -0.2) is 4.98 Å². The number of nitrogens with zero attached hydrogens (tertiary/aromatic N) is 3. The Bertz CT molecular complexity index is 1330. The molecule has 1 fully saturated rings. The van der Waals surface area contributed by atoms with Gasteiger partial charge in [-0.2, -0.15) is 13.2 Å². The van der Waals surface area contributed by atoms with E-state index in [2.05, 4.69) is 20.8 Å². The van der Waals surface area contributed by atoms with Crippen molar-refractivity contribution in [2.45, 2.75) is 51.6 Å². The zero-order valence-corrected chi connectivity index (χ0v) is 22.5. The molecule has 0 radical (unpaired) electrons. The van der Waals surface area contributed by atoms with E-state index in [-0.39, 0.29) is 40.4 Å². The van der Waals surface area contributed by atoms with Crippen LogP contribution in [0.15, 0.2) is 47.1 Å². The molecule has 0 spiro atoms. The first-order valence-corrected chi connectivity index (χ1v) is 12.8. The second-order valence-corrected chi connectivity index (χ2v) is 10.9. The molecule has 0 saturated carbocycles. The number of rotatable bonds is 6. The number of aromatic nitrogens is 2.